The number of hydrogen-bond donors (Lipinski definition) is 3. The first-order valence-electron chi connectivity index (χ1n) is 14.5. The summed E-state index contributed by atoms with van der Waals surface area (Å²) in [5, 5.41) is 5.45. The average Bonchev–Trinajstić information content (AvgIpc) is 3.44. The van der Waals surface area contributed by atoms with Crippen molar-refractivity contribution < 1.29 is 23.9 Å². The first kappa shape index (κ1) is 31.7. The number of methoxy groups -OCH3 is 1. The maximum atomic E-state index is 13.9. The van der Waals surface area contributed by atoms with Gasteiger partial charge >= 0.3 is 0 Å². The number of carbonyl (C=O) groups excluding carboxylic acids is 3. The number of amides is 3. The molecule has 3 amide bonds. The molecule has 230 valence electrons. The Kier molecular flexibility index (Phi) is 10.5. The number of para-hydroxylation sites is 1. The molecule has 2 unspecified atom stereocenters. The van der Waals surface area contributed by atoms with E-state index >= 15 is 0 Å². The lowest BCUT2D eigenvalue weighted by molar-refractivity contribution is -0.135. The third kappa shape index (κ3) is 8.42. The van der Waals surface area contributed by atoms with E-state index in [2.05, 4.69) is 22.5 Å². The summed E-state index contributed by atoms with van der Waals surface area (Å²) in [5.41, 5.74) is 6.39. The average molecular weight is 591 g/mol. The van der Waals surface area contributed by atoms with Crippen LogP contribution in [0.25, 0.3) is 0 Å². The van der Waals surface area contributed by atoms with Crippen molar-refractivity contribution in [2.45, 2.75) is 57.8 Å². The SMILES string of the molecule is COc1ccccc1C(C(=O)N1CCC(C)CC1)n1cnc(NC(=O)C(COCc2ccccc2)NC(=O)C(C)(C)N)c1. The second kappa shape index (κ2) is 14.3. The second-order valence-electron chi connectivity index (χ2n) is 11.6. The molecule has 2 heterocycles. The number of hydrogen-bond acceptors (Lipinski definition) is 7. The molecule has 1 aliphatic rings. The van der Waals surface area contributed by atoms with Gasteiger partial charge in [0.05, 0.1) is 32.2 Å². The molecule has 0 radical (unpaired) electrons. The Labute approximate surface area is 252 Å². The van der Waals surface area contributed by atoms with Crippen LogP contribution in [0.15, 0.2) is 67.1 Å². The van der Waals surface area contributed by atoms with Crippen LogP contribution in [0.3, 0.4) is 0 Å². The van der Waals surface area contributed by atoms with Gasteiger partial charge in [-0.2, -0.15) is 0 Å². The number of nitrogens with two attached hydrogens (primary N) is 1. The fourth-order valence-corrected chi connectivity index (χ4v) is 4.87. The van der Waals surface area contributed by atoms with E-state index in [9.17, 15) is 14.4 Å². The van der Waals surface area contributed by atoms with E-state index in [1.165, 1.54) is 6.33 Å². The number of imidazole rings is 1. The highest BCUT2D eigenvalue weighted by Gasteiger charge is 2.33. The summed E-state index contributed by atoms with van der Waals surface area (Å²) in [5.74, 6) is 0.267. The third-order valence-electron chi connectivity index (χ3n) is 7.52. The van der Waals surface area contributed by atoms with Gasteiger partial charge in [-0.15, -0.1) is 0 Å². The zero-order valence-electron chi connectivity index (χ0n) is 25.3. The van der Waals surface area contributed by atoms with Gasteiger partial charge in [-0.3, -0.25) is 14.4 Å². The molecule has 1 aromatic heterocycles. The van der Waals surface area contributed by atoms with Crippen molar-refractivity contribution in [3.8, 4) is 5.75 Å². The number of nitrogens with one attached hydrogen (secondary N) is 2. The molecule has 4 rings (SSSR count). The summed E-state index contributed by atoms with van der Waals surface area (Å²) in [7, 11) is 1.57. The summed E-state index contributed by atoms with van der Waals surface area (Å²) in [6.07, 6.45) is 5.00. The lowest BCUT2D eigenvalue weighted by Crippen LogP contribution is -2.56. The quantitative estimate of drug-likeness (QED) is 0.294. The van der Waals surface area contributed by atoms with Gasteiger partial charge in [0.1, 0.15) is 17.8 Å². The molecule has 0 spiro atoms. The van der Waals surface area contributed by atoms with Crippen LogP contribution >= 0.6 is 0 Å². The van der Waals surface area contributed by atoms with E-state index in [0.29, 0.717) is 30.3 Å². The van der Waals surface area contributed by atoms with Gasteiger partial charge in [-0.05, 0) is 44.2 Å². The molecule has 11 nitrogen and oxygen atoms in total. The Balaban J connectivity index is 1.54. The summed E-state index contributed by atoms with van der Waals surface area (Å²) in [4.78, 5) is 46.2. The van der Waals surface area contributed by atoms with Gasteiger partial charge in [0.25, 0.3) is 5.91 Å². The van der Waals surface area contributed by atoms with Gasteiger partial charge in [0.2, 0.25) is 11.8 Å². The third-order valence-corrected chi connectivity index (χ3v) is 7.52. The van der Waals surface area contributed by atoms with Crippen LogP contribution in [0.4, 0.5) is 5.82 Å². The second-order valence-corrected chi connectivity index (χ2v) is 11.6. The molecule has 0 saturated carbocycles. The van der Waals surface area contributed by atoms with E-state index < -0.39 is 29.4 Å². The summed E-state index contributed by atoms with van der Waals surface area (Å²) >= 11 is 0. The molecule has 11 heteroatoms. The van der Waals surface area contributed by atoms with Crippen molar-refractivity contribution >= 4 is 23.5 Å². The van der Waals surface area contributed by atoms with Crippen LogP contribution in [0.2, 0.25) is 0 Å². The van der Waals surface area contributed by atoms with Crippen LogP contribution in [-0.2, 0) is 25.7 Å². The predicted molar refractivity (Wildman–Crippen MR) is 163 cm³/mol. The monoisotopic (exact) mass is 590 g/mol. The molecule has 1 aliphatic heterocycles. The van der Waals surface area contributed by atoms with E-state index in [0.717, 1.165) is 18.4 Å². The van der Waals surface area contributed by atoms with Crippen molar-refractivity contribution in [2.24, 2.45) is 11.7 Å². The van der Waals surface area contributed by atoms with Gasteiger partial charge in [0, 0.05) is 24.8 Å². The van der Waals surface area contributed by atoms with E-state index in [1.807, 2.05) is 59.5 Å². The van der Waals surface area contributed by atoms with Crippen LogP contribution in [0, 0.1) is 5.92 Å². The number of aromatic nitrogens is 2. The lowest BCUT2D eigenvalue weighted by Gasteiger charge is -2.33. The number of ether oxygens (including phenoxy) is 2. The Morgan fingerprint density at radius 3 is 2.42 bits per heavy atom. The molecule has 0 aliphatic carbocycles. The number of carbonyl (C=O) groups is 3. The van der Waals surface area contributed by atoms with Gasteiger partial charge in [0.15, 0.2) is 5.82 Å². The van der Waals surface area contributed by atoms with Crippen molar-refractivity contribution in [2.75, 3.05) is 32.1 Å². The highest BCUT2D eigenvalue weighted by molar-refractivity contribution is 5.98. The molecule has 3 aromatic rings. The summed E-state index contributed by atoms with van der Waals surface area (Å²) < 4.78 is 13.1. The molecule has 1 saturated heterocycles. The number of benzene rings is 2. The topological polar surface area (TPSA) is 141 Å². The lowest BCUT2D eigenvalue weighted by atomic mass is 9.97. The molecule has 4 N–H and O–H groups in total. The highest BCUT2D eigenvalue weighted by atomic mass is 16.5. The molecule has 2 aromatic carbocycles. The Morgan fingerprint density at radius 2 is 1.74 bits per heavy atom. The number of nitrogens with zero attached hydrogens (tertiary/aromatic N) is 3. The van der Waals surface area contributed by atoms with Gasteiger partial charge in [-0.1, -0.05) is 55.5 Å². The maximum absolute atomic E-state index is 13.9. The van der Waals surface area contributed by atoms with Crippen molar-refractivity contribution in [1.29, 1.82) is 0 Å². The van der Waals surface area contributed by atoms with Crippen molar-refractivity contribution in [1.82, 2.24) is 19.8 Å². The minimum absolute atomic E-state index is 0.0729. The number of rotatable bonds is 12. The van der Waals surface area contributed by atoms with Crippen LogP contribution < -0.4 is 21.1 Å². The Morgan fingerprint density at radius 1 is 1.07 bits per heavy atom. The number of piperidine rings is 1. The normalized spacial score (nSPS) is 15.4. The molecule has 2 atom stereocenters. The largest absolute Gasteiger partial charge is 0.496 e. The number of likely N-dealkylation sites (tertiary alicyclic amines) is 1. The fourth-order valence-electron chi connectivity index (χ4n) is 4.87. The van der Waals surface area contributed by atoms with Gasteiger partial charge in [-0.25, -0.2) is 4.98 Å². The van der Waals surface area contributed by atoms with Crippen LogP contribution in [0.5, 0.6) is 5.75 Å². The first-order chi connectivity index (χ1) is 20.6. The number of anilines is 1. The standard InChI is InChI=1S/C32H42N6O5/c1-22-14-16-37(17-15-22)30(40)28(24-12-8-9-13-26(24)42-4)38-18-27(34-21-38)36-29(39)25(35-31(41)32(2,3)33)20-43-19-23-10-6-5-7-11-23/h5-13,18,21-22,25,28H,14-17,19-20,33H2,1-4H3,(H,35,41)(H,36,39). The van der Waals surface area contributed by atoms with Crippen molar-refractivity contribution in [3.63, 3.8) is 0 Å². The smallest absolute Gasteiger partial charge is 0.250 e. The molecular weight excluding hydrogens is 548 g/mol. The first-order valence-corrected chi connectivity index (χ1v) is 14.5. The Hall–Kier alpha value is -4.22. The highest BCUT2D eigenvalue weighted by Crippen LogP contribution is 2.31. The minimum Gasteiger partial charge on any atom is -0.496 e. The van der Waals surface area contributed by atoms with E-state index in [-0.39, 0.29) is 24.9 Å². The Bertz CT molecular complexity index is 1380. The summed E-state index contributed by atoms with van der Waals surface area (Å²) in [6.45, 7) is 6.83. The summed E-state index contributed by atoms with van der Waals surface area (Å²) in [6, 6.07) is 15.1. The van der Waals surface area contributed by atoms with E-state index in [1.54, 1.807) is 31.7 Å². The fraction of sp³-hybridized carbons (Fsp3) is 0.438. The van der Waals surface area contributed by atoms with Crippen molar-refractivity contribution in [3.05, 3.63) is 78.2 Å². The van der Waals surface area contributed by atoms with E-state index in [4.69, 9.17) is 15.2 Å². The molecular formula is C32H42N6O5. The predicted octanol–water partition coefficient (Wildman–Crippen LogP) is 3.12. The van der Waals surface area contributed by atoms with Crippen LogP contribution in [-0.4, -0.2) is 70.6 Å². The minimum atomic E-state index is -1.20. The van der Waals surface area contributed by atoms with Crippen LogP contribution in [0.1, 0.15) is 50.8 Å². The molecule has 0 bridgehead atoms. The zero-order valence-corrected chi connectivity index (χ0v) is 25.3. The zero-order chi connectivity index (χ0) is 31.0. The van der Waals surface area contributed by atoms with Gasteiger partial charge < -0.3 is 35.3 Å². The molecule has 1 fully saturated rings. The molecule has 43 heavy (non-hydrogen) atoms. The maximum Gasteiger partial charge on any atom is 0.250 e.